The Kier molecular flexibility index (Phi) is 8.19. The lowest BCUT2D eigenvalue weighted by Crippen LogP contribution is -2.10. The highest BCUT2D eigenvalue weighted by Gasteiger charge is 2.16. The average Bonchev–Trinajstić information content (AvgIpc) is 3.62. The molecule has 11 rings (SSSR count). The number of rotatable bonds is 7. The molecule has 0 aliphatic heterocycles. The third-order valence-electron chi connectivity index (χ3n) is 11.6. The second-order valence-electron chi connectivity index (χ2n) is 15.0. The van der Waals surface area contributed by atoms with Gasteiger partial charge in [-0.15, -0.1) is 0 Å². The first kappa shape index (κ1) is 33.6. The third kappa shape index (κ3) is 5.91. The van der Waals surface area contributed by atoms with E-state index in [2.05, 4.69) is 240 Å². The molecular weight excluding hydrogens is 701 g/mol. The zero-order valence-corrected chi connectivity index (χ0v) is 31.8. The third-order valence-corrected chi connectivity index (χ3v) is 11.6. The summed E-state index contributed by atoms with van der Waals surface area (Å²) in [6, 6.07) is 83.6. The quantitative estimate of drug-likeness (QED) is 0.158. The molecule has 0 atom stereocenters. The molecule has 1 heterocycles. The molecule has 0 saturated heterocycles. The van der Waals surface area contributed by atoms with Gasteiger partial charge in [-0.3, -0.25) is 0 Å². The Morgan fingerprint density at radius 1 is 0.276 bits per heavy atom. The maximum atomic E-state index is 2.40. The van der Waals surface area contributed by atoms with Crippen molar-refractivity contribution in [3.05, 3.63) is 231 Å². The molecule has 2 nitrogen and oxygen atoms in total. The predicted octanol–water partition coefficient (Wildman–Crippen LogP) is 15.6. The van der Waals surface area contributed by atoms with Crippen LogP contribution in [-0.2, 0) is 0 Å². The van der Waals surface area contributed by atoms with E-state index in [1.54, 1.807) is 0 Å². The monoisotopic (exact) mass is 738 g/mol. The van der Waals surface area contributed by atoms with Crippen LogP contribution in [0.3, 0.4) is 0 Å². The Morgan fingerprint density at radius 3 is 1.55 bits per heavy atom. The highest BCUT2D eigenvalue weighted by Crippen LogP contribution is 2.40. The minimum atomic E-state index is 1.10. The van der Waals surface area contributed by atoms with Crippen LogP contribution >= 0.6 is 0 Å². The fourth-order valence-corrected chi connectivity index (χ4v) is 8.71. The molecule has 0 spiro atoms. The van der Waals surface area contributed by atoms with E-state index < -0.39 is 0 Å². The summed E-state index contributed by atoms with van der Waals surface area (Å²) in [5, 5.41) is 7.56. The number of anilines is 3. The molecule has 0 radical (unpaired) electrons. The van der Waals surface area contributed by atoms with Gasteiger partial charge in [-0.25, -0.2) is 0 Å². The van der Waals surface area contributed by atoms with Crippen molar-refractivity contribution in [2.45, 2.75) is 0 Å². The molecule has 272 valence electrons. The minimum absolute atomic E-state index is 1.10. The topological polar surface area (TPSA) is 8.17 Å². The maximum Gasteiger partial charge on any atom is 0.0547 e. The lowest BCUT2D eigenvalue weighted by molar-refractivity contribution is 1.18. The minimum Gasteiger partial charge on any atom is -0.310 e. The second-order valence-corrected chi connectivity index (χ2v) is 15.0. The maximum absolute atomic E-state index is 2.40. The molecule has 1 aromatic heterocycles. The average molecular weight is 739 g/mol. The first-order valence-corrected chi connectivity index (χ1v) is 19.9. The lowest BCUT2D eigenvalue weighted by atomic mass is 9.98. The van der Waals surface area contributed by atoms with Crippen molar-refractivity contribution in [2.24, 2.45) is 0 Å². The molecule has 0 aliphatic carbocycles. The summed E-state index contributed by atoms with van der Waals surface area (Å²) >= 11 is 0. The van der Waals surface area contributed by atoms with E-state index >= 15 is 0 Å². The number of hydrogen-bond acceptors (Lipinski definition) is 1. The summed E-state index contributed by atoms with van der Waals surface area (Å²) in [7, 11) is 0. The van der Waals surface area contributed by atoms with Crippen LogP contribution in [0.25, 0.3) is 82.4 Å². The molecule has 0 saturated carbocycles. The molecule has 58 heavy (non-hydrogen) atoms. The van der Waals surface area contributed by atoms with Gasteiger partial charge < -0.3 is 9.47 Å². The summed E-state index contributed by atoms with van der Waals surface area (Å²) in [4.78, 5) is 2.36. The van der Waals surface area contributed by atoms with Crippen molar-refractivity contribution < 1.29 is 0 Å². The Balaban J connectivity index is 0.960. The molecule has 10 aromatic carbocycles. The largest absolute Gasteiger partial charge is 0.310 e. The van der Waals surface area contributed by atoms with Crippen LogP contribution in [0.1, 0.15) is 0 Å². The summed E-state index contributed by atoms with van der Waals surface area (Å²) in [6.45, 7) is 0. The molecule has 0 N–H and O–H groups in total. The first-order valence-electron chi connectivity index (χ1n) is 19.9. The fourth-order valence-electron chi connectivity index (χ4n) is 8.71. The van der Waals surface area contributed by atoms with E-state index in [1.165, 1.54) is 76.7 Å². The molecule has 0 aliphatic rings. The zero-order chi connectivity index (χ0) is 38.4. The number of fused-ring (bicyclic) bond motifs is 5. The molecule has 0 fully saturated rings. The van der Waals surface area contributed by atoms with Gasteiger partial charge in [0.25, 0.3) is 0 Å². The van der Waals surface area contributed by atoms with Gasteiger partial charge in [0.05, 0.1) is 11.0 Å². The van der Waals surface area contributed by atoms with E-state index in [4.69, 9.17) is 0 Å². The standard InChI is InChI=1S/C56H38N2/c1-2-12-39(13-3-1)44-18-10-19-50(36-44)57(48-34-28-43(29-35-48)52-22-11-17-42-14-6-7-20-51(42)52)47-30-24-40(25-31-47)41-26-32-49(33-27-41)58-55-23-9-8-21-53(55)54-37-45-15-4-5-16-46(45)38-56(54)58/h1-38H. The highest BCUT2D eigenvalue weighted by atomic mass is 15.1. The van der Waals surface area contributed by atoms with Crippen molar-refractivity contribution in [3.63, 3.8) is 0 Å². The Hall–Kier alpha value is -7.68. The molecular formula is C56H38N2. The van der Waals surface area contributed by atoms with E-state index in [0.29, 0.717) is 0 Å². The second kappa shape index (κ2) is 14.1. The van der Waals surface area contributed by atoms with Gasteiger partial charge in [0.15, 0.2) is 0 Å². The van der Waals surface area contributed by atoms with Gasteiger partial charge in [0.1, 0.15) is 0 Å². The van der Waals surface area contributed by atoms with Crippen LogP contribution in [0.4, 0.5) is 17.1 Å². The molecule has 11 aromatic rings. The Morgan fingerprint density at radius 2 is 0.810 bits per heavy atom. The van der Waals surface area contributed by atoms with Crippen molar-refractivity contribution >= 4 is 60.4 Å². The van der Waals surface area contributed by atoms with Gasteiger partial charge in [-0.1, -0.05) is 164 Å². The van der Waals surface area contributed by atoms with Crippen LogP contribution in [0.15, 0.2) is 231 Å². The smallest absolute Gasteiger partial charge is 0.0547 e. The van der Waals surface area contributed by atoms with E-state index in [1.807, 2.05) is 0 Å². The van der Waals surface area contributed by atoms with Crippen molar-refractivity contribution in [3.8, 4) is 39.1 Å². The highest BCUT2D eigenvalue weighted by molar-refractivity contribution is 6.13. The first-order chi connectivity index (χ1) is 28.7. The number of para-hydroxylation sites is 1. The van der Waals surface area contributed by atoms with Crippen LogP contribution in [-0.4, -0.2) is 4.57 Å². The van der Waals surface area contributed by atoms with Gasteiger partial charge in [-0.2, -0.15) is 0 Å². The Labute approximate surface area is 338 Å². The van der Waals surface area contributed by atoms with E-state index in [9.17, 15) is 0 Å². The fraction of sp³-hybridized carbons (Fsp3) is 0. The molecule has 0 bridgehead atoms. The van der Waals surface area contributed by atoms with E-state index in [-0.39, 0.29) is 0 Å². The number of aromatic nitrogens is 1. The van der Waals surface area contributed by atoms with Gasteiger partial charge in [0, 0.05) is 33.5 Å². The lowest BCUT2D eigenvalue weighted by Gasteiger charge is -2.26. The van der Waals surface area contributed by atoms with Gasteiger partial charge in [-0.05, 0) is 122 Å². The van der Waals surface area contributed by atoms with Crippen LogP contribution in [0, 0.1) is 0 Å². The Bertz CT molecular complexity index is 3240. The number of hydrogen-bond donors (Lipinski definition) is 0. The van der Waals surface area contributed by atoms with Crippen molar-refractivity contribution in [2.75, 3.05) is 4.90 Å². The molecule has 2 heteroatoms. The summed E-state index contributed by atoms with van der Waals surface area (Å²) in [5.41, 5.74) is 14.1. The van der Waals surface area contributed by atoms with Gasteiger partial charge in [0.2, 0.25) is 0 Å². The van der Waals surface area contributed by atoms with E-state index in [0.717, 1.165) is 22.7 Å². The predicted molar refractivity (Wildman–Crippen MR) is 247 cm³/mol. The molecule has 0 unspecified atom stereocenters. The normalized spacial score (nSPS) is 11.4. The van der Waals surface area contributed by atoms with Crippen molar-refractivity contribution in [1.29, 1.82) is 0 Å². The van der Waals surface area contributed by atoms with Crippen molar-refractivity contribution in [1.82, 2.24) is 4.57 Å². The van der Waals surface area contributed by atoms with Gasteiger partial charge >= 0.3 is 0 Å². The van der Waals surface area contributed by atoms with Crippen LogP contribution < -0.4 is 4.90 Å². The number of benzene rings is 10. The zero-order valence-electron chi connectivity index (χ0n) is 31.8. The van der Waals surface area contributed by atoms with Crippen LogP contribution in [0.5, 0.6) is 0 Å². The van der Waals surface area contributed by atoms with Crippen LogP contribution in [0.2, 0.25) is 0 Å². The summed E-state index contributed by atoms with van der Waals surface area (Å²) < 4.78 is 2.40. The SMILES string of the molecule is c1ccc(-c2cccc(N(c3ccc(-c4ccc(-n5c6ccccc6c6cc7ccccc7cc65)cc4)cc3)c3ccc(-c4cccc5ccccc45)cc3)c2)cc1. The molecule has 0 amide bonds. The summed E-state index contributed by atoms with van der Waals surface area (Å²) in [6.07, 6.45) is 0. The summed E-state index contributed by atoms with van der Waals surface area (Å²) in [5.74, 6) is 0. The number of nitrogens with zero attached hydrogens (tertiary/aromatic N) is 2.